The highest BCUT2D eigenvalue weighted by molar-refractivity contribution is 5.71. The molecule has 0 spiro atoms. The lowest BCUT2D eigenvalue weighted by Gasteiger charge is -2.19. The van der Waals surface area contributed by atoms with Crippen LogP contribution < -0.4 is 10.1 Å². The molecule has 2 heterocycles. The largest absolute Gasteiger partial charge is 0.413 e. The fourth-order valence-electron chi connectivity index (χ4n) is 1.53. The molecule has 1 amide bonds. The molecule has 0 saturated carbocycles. The molecule has 0 aliphatic rings. The molecule has 0 bridgehead atoms. The van der Waals surface area contributed by atoms with E-state index >= 15 is 0 Å². The molecule has 0 saturated heterocycles. The summed E-state index contributed by atoms with van der Waals surface area (Å²) in [6, 6.07) is 7.17. The Morgan fingerprint density at radius 1 is 1.32 bits per heavy atom. The Kier molecular flexibility index (Phi) is 3.55. The van der Waals surface area contributed by atoms with E-state index < -0.39 is 6.09 Å². The van der Waals surface area contributed by atoms with Gasteiger partial charge in [-0.25, -0.2) is 9.78 Å². The van der Waals surface area contributed by atoms with E-state index in [0.29, 0.717) is 11.6 Å². The SMILES string of the molecule is CC(C)(C)NC(=O)Oc1ccnc(-n2cccc2)c1. The van der Waals surface area contributed by atoms with Crippen LogP contribution in [0, 0.1) is 0 Å². The molecule has 19 heavy (non-hydrogen) atoms. The first kappa shape index (κ1) is 13.1. The zero-order valence-electron chi connectivity index (χ0n) is 11.3. The van der Waals surface area contributed by atoms with Crippen molar-refractivity contribution in [3.8, 4) is 11.6 Å². The van der Waals surface area contributed by atoms with Gasteiger partial charge in [0.1, 0.15) is 11.6 Å². The number of pyridine rings is 1. The second-order valence-electron chi connectivity index (χ2n) is 5.20. The first-order valence-electron chi connectivity index (χ1n) is 6.03. The van der Waals surface area contributed by atoms with E-state index in [1.54, 1.807) is 18.3 Å². The van der Waals surface area contributed by atoms with E-state index in [1.165, 1.54) is 0 Å². The smallest absolute Gasteiger partial charge is 0.410 e. The van der Waals surface area contributed by atoms with Gasteiger partial charge in [0.2, 0.25) is 0 Å². The van der Waals surface area contributed by atoms with Gasteiger partial charge in [-0.2, -0.15) is 0 Å². The molecule has 2 aromatic rings. The van der Waals surface area contributed by atoms with Crippen LogP contribution >= 0.6 is 0 Å². The average molecular weight is 259 g/mol. The van der Waals surface area contributed by atoms with Crippen LogP contribution in [0.25, 0.3) is 5.82 Å². The molecule has 0 radical (unpaired) electrons. The number of carbonyl (C=O) groups is 1. The normalized spacial score (nSPS) is 11.1. The van der Waals surface area contributed by atoms with Gasteiger partial charge in [-0.1, -0.05) is 0 Å². The third-order valence-corrected chi connectivity index (χ3v) is 2.27. The van der Waals surface area contributed by atoms with Gasteiger partial charge in [0.25, 0.3) is 0 Å². The number of amides is 1. The Hall–Kier alpha value is -2.30. The summed E-state index contributed by atoms with van der Waals surface area (Å²) >= 11 is 0. The molecule has 2 aromatic heterocycles. The van der Waals surface area contributed by atoms with Crippen LogP contribution in [0.3, 0.4) is 0 Å². The highest BCUT2D eigenvalue weighted by Crippen LogP contribution is 2.15. The van der Waals surface area contributed by atoms with Crippen molar-refractivity contribution >= 4 is 6.09 Å². The highest BCUT2D eigenvalue weighted by atomic mass is 16.6. The van der Waals surface area contributed by atoms with Crippen molar-refractivity contribution in [2.24, 2.45) is 0 Å². The maximum Gasteiger partial charge on any atom is 0.413 e. The van der Waals surface area contributed by atoms with Crippen LogP contribution in [-0.2, 0) is 0 Å². The second kappa shape index (κ2) is 5.14. The summed E-state index contributed by atoms with van der Waals surface area (Å²) in [4.78, 5) is 15.9. The Morgan fingerprint density at radius 2 is 2.00 bits per heavy atom. The number of nitrogens with one attached hydrogen (secondary N) is 1. The van der Waals surface area contributed by atoms with Gasteiger partial charge in [0.05, 0.1) is 0 Å². The Morgan fingerprint density at radius 3 is 2.63 bits per heavy atom. The maximum atomic E-state index is 11.7. The third-order valence-electron chi connectivity index (χ3n) is 2.27. The van der Waals surface area contributed by atoms with Crippen molar-refractivity contribution in [2.75, 3.05) is 0 Å². The number of carbonyl (C=O) groups excluding carboxylic acids is 1. The van der Waals surface area contributed by atoms with Crippen LogP contribution in [0.4, 0.5) is 4.79 Å². The summed E-state index contributed by atoms with van der Waals surface area (Å²) in [6.07, 6.45) is 4.88. The molecular formula is C14H17N3O2. The first-order valence-corrected chi connectivity index (χ1v) is 6.03. The molecule has 0 fully saturated rings. The topological polar surface area (TPSA) is 56.1 Å². The van der Waals surface area contributed by atoms with Crippen molar-refractivity contribution in [1.29, 1.82) is 0 Å². The lowest BCUT2D eigenvalue weighted by molar-refractivity contribution is 0.190. The van der Waals surface area contributed by atoms with Gasteiger partial charge < -0.3 is 14.6 Å². The number of ether oxygens (including phenoxy) is 1. The number of nitrogens with zero attached hydrogens (tertiary/aromatic N) is 2. The Bertz CT molecular complexity index is 556. The zero-order valence-corrected chi connectivity index (χ0v) is 11.3. The number of hydrogen-bond acceptors (Lipinski definition) is 3. The van der Waals surface area contributed by atoms with Gasteiger partial charge in [0, 0.05) is 30.2 Å². The van der Waals surface area contributed by atoms with E-state index in [1.807, 2.05) is 49.9 Å². The highest BCUT2D eigenvalue weighted by Gasteiger charge is 2.15. The second-order valence-corrected chi connectivity index (χ2v) is 5.20. The lowest BCUT2D eigenvalue weighted by atomic mass is 10.1. The van der Waals surface area contributed by atoms with Gasteiger partial charge in [0.15, 0.2) is 0 Å². The molecule has 0 atom stereocenters. The quantitative estimate of drug-likeness (QED) is 0.902. The predicted octanol–water partition coefficient (Wildman–Crippen LogP) is 2.76. The summed E-state index contributed by atoms with van der Waals surface area (Å²) in [5.41, 5.74) is -0.326. The summed E-state index contributed by atoms with van der Waals surface area (Å²) in [7, 11) is 0. The van der Waals surface area contributed by atoms with E-state index in [2.05, 4.69) is 10.3 Å². The predicted molar refractivity (Wildman–Crippen MR) is 72.5 cm³/mol. The maximum absolute atomic E-state index is 11.7. The zero-order chi connectivity index (χ0) is 13.9. The van der Waals surface area contributed by atoms with Crippen LogP contribution in [-0.4, -0.2) is 21.2 Å². The molecular weight excluding hydrogens is 242 g/mol. The van der Waals surface area contributed by atoms with Crippen molar-refractivity contribution < 1.29 is 9.53 Å². The Labute approximate surface area is 112 Å². The van der Waals surface area contributed by atoms with Crippen molar-refractivity contribution in [1.82, 2.24) is 14.9 Å². The molecule has 0 aliphatic carbocycles. The molecule has 2 rings (SSSR count). The number of rotatable bonds is 2. The van der Waals surface area contributed by atoms with Crippen LogP contribution in [0.2, 0.25) is 0 Å². The minimum atomic E-state index is -0.475. The monoisotopic (exact) mass is 259 g/mol. The van der Waals surface area contributed by atoms with Crippen LogP contribution in [0.5, 0.6) is 5.75 Å². The summed E-state index contributed by atoms with van der Waals surface area (Å²) in [5, 5.41) is 2.73. The van der Waals surface area contributed by atoms with Crippen molar-refractivity contribution in [2.45, 2.75) is 26.3 Å². The van der Waals surface area contributed by atoms with Crippen LogP contribution in [0.1, 0.15) is 20.8 Å². The summed E-state index contributed by atoms with van der Waals surface area (Å²) in [5.74, 6) is 1.16. The van der Waals surface area contributed by atoms with E-state index in [-0.39, 0.29) is 5.54 Å². The average Bonchev–Trinajstić information content (AvgIpc) is 2.79. The fourth-order valence-corrected chi connectivity index (χ4v) is 1.53. The van der Waals surface area contributed by atoms with Gasteiger partial charge in [-0.05, 0) is 39.0 Å². The molecule has 100 valence electrons. The summed E-state index contributed by atoms with van der Waals surface area (Å²) in [6.45, 7) is 5.68. The molecule has 1 N–H and O–H groups in total. The van der Waals surface area contributed by atoms with Crippen LogP contribution in [0.15, 0.2) is 42.9 Å². The minimum absolute atomic E-state index is 0.326. The fraction of sp³-hybridized carbons (Fsp3) is 0.286. The van der Waals surface area contributed by atoms with Gasteiger partial charge in [-0.15, -0.1) is 0 Å². The first-order chi connectivity index (χ1) is 8.94. The van der Waals surface area contributed by atoms with E-state index in [4.69, 9.17) is 4.74 Å². The van der Waals surface area contributed by atoms with Crippen molar-refractivity contribution in [3.63, 3.8) is 0 Å². The summed E-state index contributed by atoms with van der Waals surface area (Å²) < 4.78 is 7.07. The standard InChI is InChI=1S/C14H17N3O2/c1-14(2,3)16-13(18)19-11-6-7-15-12(10-11)17-8-4-5-9-17/h4-10H,1-3H3,(H,16,18). The lowest BCUT2D eigenvalue weighted by Crippen LogP contribution is -2.42. The van der Waals surface area contributed by atoms with Crippen molar-refractivity contribution in [3.05, 3.63) is 42.9 Å². The molecule has 0 aliphatic heterocycles. The van der Waals surface area contributed by atoms with E-state index in [9.17, 15) is 4.79 Å². The number of aromatic nitrogens is 2. The Balaban J connectivity index is 2.10. The number of hydrogen-bond donors (Lipinski definition) is 1. The molecule has 0 aromatic carbocycles. The molecule has 5 heteroatoms. The van der Waals surface area contributed by atoms with E-state index in [0.717, 1.165) is 0 Å². The van der Waals surface area contributed by atoms with Gasteiger partial charge >= 0.3 is 6.09 Å². The molecule has 5 nitrogen and oxygen atoms in total. The minimum Gasteiger partial charge on any atom is -0.410 e. The molecule has 0 unspecified atom stereocenters. The van der Waals surface area contributed by atoms with Gasteiger partial charge in [-0.3, -0.25) is 0 Å². The third kappa shape index (κ3) is 3.84.